The number of nitrogen functional groups attached to an aromatic ring is 1. The average Bonchev–Trinajstić information content (AvgIpc) is 2.85. The second kappa shape index (κ2) is 8.86. The van der Waals surface area contributed by atoms with Crippen LogP contribution in [0.25, 0.3) is 0 Å². The number of hydrogen-bond donors (Lipinski definition) is 3. The van der Waals surface area contributed by atoms with Gasteiger partial charge in [0.05, 0.1) is 12.2 Å². The van der Waals surface area contributed by atoms with Crippen LogP contribution in [0.3, 0.4) is 0 Å². The zero-order valence-corrected chi connectivity index (χ0v) is 14.8. The number of nitrogens with two attached hydrogens (primary N) is 2. The van der Waals surface area contributed by atoms with E-state index in [1.807, 2.05) is 6.07 Å². The first kappa shape index (κ1) is 20.2. The molecule has 0 atom stereocenters. The molecule has 11 heteroatoms. The molecule has 0 unspecified atom stereocenters. The van der Waals surface area contributed by atoms with Crippen LogP contribution in [0.1, 0.15) is 30.1 Å². The van der Waals surface area contributed by atoms with Crippen LogP contribution < -0.4 is 21.5 Å². The second-order valence-electron chi connectivity index (χ2n) is 5.39. The Balaban J connectivity index is 0.00000144. The Hall–Kier alpha value is -1.84. The number of aromatic nitrogens is 4. The number of aryl methyl sites for hydroxylation is 1. The fourth-order valence-corrected chi connectivity index (χ4v) is 2.37. The van der Waals surface area contributed by atoms with Gasteiger partial charge in [0, 0.05) is 18.0 Å². The first-order valence-corrected chi connectivity index (χ1v) is 7.17. The molecule has 3 rings (SSSR count). The van der Waals surface area contributed by atoms with E-state index in [1.54, 1.807) is 6.92 Å². The molecule has 0 radical (unpaired) electrons. The molecular weight excluding hydrogens is 357 g/mol. The summed E-state index contributed by atoms with van der Waals surface area (Å²) >= 11 is 0. The van der Waals surface area contributed by atoms with Crippen LogP contribution in [0.4, 0.5) is 11.8 Å². The van der Waals surface area contributed by atoms with Gasteiger partial charge in [-0.2, -0.15) is 4.98 Å². The van der Waals surface area contributed by atoms with Crippen molar-refractivity contribution < 1.29 is 9.37 Å². The van der Waals surface area contributed by atoms with Gasteiger partial charge in [-0.15, -0.1) is 24.8 Å². The van der Waals surface area contributed by atoms with Crippen molar-refractivity contribution in [1.29, 1.82) is 0 Å². The molecule has 0 amide bonds. The number of halogens is 2. The van der Waals surface area contributed by atoms with Crippen molar-refractivity contribution in [2.24, 2.45) is 5.73 Å². The largest absolute Gasteiger partial charge is 0.472 e. The molecule has 1 fully saturated rings. The summed E-state index contributed by atoms with van der Waals surface area (Å²) in [6.45, 7) is 2.72. The van der Waals surface area contributed by atoms with Crippen molar-refractivity contribution in [3.8, 4) is 5.88 Å². The first-order chi connectivity index (χ1) is 10.6. The summed E-state index contributed by atoms with van der Waals surface area (Å²) in [6.07, 6.45) is 1.88. The molecule has 24 heavy (non-hydrogen) atoms. The molecule has 1 aliphatic carbocycles. The minimum Gasteiger partial charge on any atom is -0.472 e. The molecule has 0 spiro atoms. The van der Waals surface area contributed by atoms with Crippen molar-refractivity contribution in [3.63, 3.8) is 0 Å². The summed E-state index contributed by atoms with van der Waals surface area (Å²) in [5.41, 5.74) is 13.1. The molecule has 9 nitrogen and oxygen atoms in total. The third kappa shape index (κ3) is 4.83. The van der Waals surface area contributed by atoms with Crippen LogP contribution >= 0.6 is 24.8 Å². The third-order valence-corrected chi connectivity index (χ3v) is 3.61. The minimum atomic E-state index is 0. The Morgan fingerprint density at radius 1 is 1.29 bits per heavy atom. The number of nitrogens with zero attached hydrogens (tertiary/aromatic N) is 4. The monoisotopic (exact) mass is 377 g/mol. The van der Waals surface area contributed by atoms with E-state index in [0.717, 1.165) is 18.5 Å². The minimum absolute atomic E-state index is 0. The number of anilines is 2. The molecule has 2 aromatic heterocycles. The normalized spacial score (nSPS) is 18.8. The average molecular weight is 378 g/mol. The lowest BCUT2D eigenvalue weighted by Gasteiger charge is -2.32. The predicted molar refractivity (Wildman–Crippen MR) is 93.9 cm³/mol. The molecule has 1 saturated carbocycles. The highest BCUT2D eigenvalue weighted by atomic mass is 35.5. The first-order valence-electron chi connectivity index (χ1n) is 7.17. The van der Waals surface area contributed by atoms with Gasteiger partial charge in [0.1, 0.15) is 18.1 Å². The number of hydrogen-bond acceptors (Lipinski definition) is 9. The van der Waals surface area contributed by atoms with E-state index in [2.05, 4.69) is 30.2 Å². The topological polar surface area (TPSA) is 138 Å². The summed E-state index contributed by atoms with van der Waals surface area (Å²) < 4.78 is 9.98. The van der Waals surface area contributed by atoms with E-state index in [-0.39, 0.29) is 36.8 Å². The van der Waals surface area contributed by atoms with Gasteiger partial charge in [0.15, 0.2) is 0 Å². The molecule has 1 aliphatic rings. The molecule has 5 N–H and O–H groups in total. The van der Waals surface area contributed by atoms with Crippen LogP contribution in [-0.4, -0.2) is 39.5 Å². The smallest absolute Gasteiger partial charge is 0.278 e. The van der Waals surface area contributed by atoms with Gasteiger partial charge in [0.2, 0.25) is 5.95 Å². The van der Waals surface area contributed by atoms with Crippen molar-refractivity contribution >= 4 is 36.6 Å². The highest BCUT2D eigenvalue weighted by molar-refractivity contribution is 5.85. The van der Waals surface area contributed by atoms with Crippen molar-refractivity contribution in [3.05, 3.63) is 17.5 Å². The van der Waals surface area contributed by atoms with Crippen molar-refractivity contribution in [1.82, 2.24) is 20.3 Å². The van der Waals surface area contributed by atoms with Crippen LogP contribution in [0, 0.1) is 6.92 Å². The van der Waals surface area contributed by atoms with Crippen LogP contribution in [0.2, 0.25) is 0 Å². The summed E-state index contributed by atoms with van der Waals surface area (Å²) in [5, 5.41) is 10.4. The standard InChI is InChI=1S/C13H19N7O2.2ClH/c1-7-12(20-22-19-7)21-3-2-16-11-6-10(17-13(15)18-11)8-4-9(14)5-8;;/h6,8-9H,2-5,14H2,1H3,(H3,15,16,17,18);2*1H. The molecule has 0 aliphatic heterocycles. The predicted octanol–water partition coefficient (Wildman–Crippen LogP) is 1.29. The lowest BCUT2D eigenvalue weighted by molar-refractivity contribution is 0.261. The SMILES string of the molecule is Cc1nonc1OCCNc1cc(C2CC(N)C2)nc(N)n1.Cl.Cl. The summed E-state index contributed by atoms with van der Waals surface area (Å²) in [7, 11) is 0. The highest BCUT2D eigenvalue weighted by Crippen LogP contribution is 2.35. The Morgan fingerprint density at radius 3 is 2.67 bits per heavy atom. The molecule has 2 heterocycles. The Kier molecular flexibility index (Phi) is 7.46. The Bertz CT molecular complexity index is 649. The van der Waals surface area contributed by atoms with Crippen LogP contribution in [-0.2, 0) is 0 Å². The summed E-state index contributed by atoms with van der Waals surface area (Å²) in [5.74, 6) is 1.72. The molecule has 0 bridgehead atoms. The van der Waals surface area contributed by atoms with Gasteiger partial charge in [-0.1, -0.05) is 5.16 Å². The fourth-order valence-electron chi connectivity index (χ4n) is 2.37. The Labute approximate surface area is 151 Å². The van der Waals surface area contributed by atoms with E-state index in [1.165, 1.54) is 0 Å². The third-order valence-electron chi connectivity index (χ3n) is 3.61. The number of ether oxygens (including phenoxy) is 1. The van der Waals surface area contributed by atoms with Gasteiger partial charge in [-0.3, -0.25) is 0 Å². The van der Waals surface area contributed by atoms with Gasteiger partial charge in [-0.05, 0) is 24.9 Å². The summed E-state index contributed by atoms with van der Waals surface area (Å²) in [4.78, 5) is 8.45. The van der Waals surface area contributed by atoms with Crippen LogP contribution in [0.5, 0.6) is 5.88 Å². The zero-order valence-electron chi connectivity index (χ0n) is 13.1. The summed E-state index contributed by atoms with van der Waals surface area (Å²) in [6, 6.07) is 2.18. The molecule has 134 valence electrons. The molecule has 0 aromatic carbocycles. The molecule has 2 aromatic rings. The fraction of sp³-hybridized carbons (Fsp3) is 0.538. The molecular formula is C13H21Cl2N7O2. The quantitative estimate of drug-likeness (QED) is 0.635. The number of nitrogens with one attached hydrogen (secondary N) is 1. The van der Waals surface area contributed by atoms with E-state index in [4.69, 9.17) is 16.2 Å². The van der Waals surface area contributed by atoms with Crippen LogP contribution in [0.15, 0.2) is 10.7 Å². The highest BCUT2D eigenvalue weighted by Gasteiger charge is 2.29. The maximum Gasteiger partial charge on any atom is 0.278 e. The van der Waals surface area contributed by atoms with Gasteiger partial charge < -0.3 is 21.5 Å². The van der Waals surface area contributed by atoms with Gasteiger partial charge in [-0.25, -0.2) is 9.61 Å². The van der Waals surface area contributed by atoms with E-state index in [9.17, 15) is 0 Å². The maximum atomic E-state index is 5.81. The van der Waals surface area contributed by atoms with Crippen molar-refractivity contribution in [2.75, 3.05) is 24.2 Å². The number of rotatable bonds is 6. The lowest BCUT2D eigenvalue weighted by Crippen LogP contribution is -2.35. The van der Waals surface area contributed by atoms with E-state index < -0.39 is 0 Å². The van der Waals surface area contributed by atoms with Gasteiger partial charge >= 0.3 is 0 Å². The second-order valence-corrected chi connectivity index (χ2v) is 5.39. The van der Waals surface area contributed by atoms with E-state index in [0.29, 0.717) is 36.5 Å². The van der Waals surface area contributed by atoms with Gasteiger partial charge in [0.25, 0.3) is 5.88 Å². The Morgan fingerprint density at radius 2 is 2.04 bits per heavy atom. The zero-order chi connectivity index (χ0) is 15.5. The van der Waals surface area contributed by atoms with Crippen molar-refractivity contribution in [2.45, 2.75) is 31.7 Å². The lowest BCUT2D eigenvalue weighted by atomic mass is 9.78. The maximum absolute atomic E-state index is 5.81. The van der Waals surface area contributed by atoms with E-state index >= 15 is 0 Å². The molecule has 0 saturated heterocycles.